The van der Waals surface area contributed by atoms with Gasteiger partial charge in [-0.25, -0.2) is 0 Å². The number of hydrogen-bond donors (Lipinski definition) is 1. The van der Waals surface area contributed by atoms with Gasteiger partial charge in [0.25, 0.3) is 0 Å². The molecule has 0 saturated heterocycles. The molecule has 0 bridgehead atoms. The first-order chi connectivity index (χ1) is 10.2. The molecule has 2 nitrogen and oxygen atoms in total. The molecule has 110 valence electrons. The number of pyridine rings is 1. The maximum absolute atomic E-state index is 4.28. The highest BCUT2D eigenvalue weighted by molar-refractivity contribution is 5.43. The van der Waals surface area contributed by atoms with Gasteiger partial charge in [-0.15, -0.1) is 0 Å². The smallest absolute Gasteiger partial charge is 0.0531 e. The molecule has 0 spiro atoms. The zero-order valence-electron chi connectivity index (χ0n) is 12.9. The monoisotopic (exact) mass is 280 g/mol. The van der Waals surface area contributed by atoms with Crippen LogP contribution in [0.15, 0.2) is 48.8 Å². The van der Waals surface area contributed by atoms with Crippen LogP contribution in [0, 0.1) is 12.8 Å². The van der Waals surface area contributed by atoms with Gasteiger partial charge in [0.15, 0.2) is 0 Å². The third-order valence-corrected chi connectivity index (χ3v) is 4.46. The minimum Gasteiger partial charge on any atom is -0.381 e. The summed E-state index contributed by atoms with van der Waals surface area (Å²) in [5, 5.41) is 3.69. The highest BCUT2D eigenvalue weighted by Crippen LogP contribution is 2.37. The molecule has 0 amide bonds. The number of anilines is 1. The van der Waals surface area contributed by atoms with Crippen LogP contribution in [0.1, 0.15) is 43.2 Å². The third kappa shape index (κ3) is 3.63. The second kappa shape index (κ2) is 6.30. The Labute approximate surface area is 127 Å². The molecule has 1 aromatic carbocycles. The second-order valence-electron chi connectivity index (χ2n) is 6.51. The van der Waals surface area contributed by atoms with E-state index in [9.17, 15) is 0 Å². The van der Waals surface area contributed by atoms with Crippen LogP contribution in [0.5, 0.6) is 0 Å². The summed E-state index contributed by atoms with van der Waals surface area (Å²) in [6, 6.07) is 13.7. The molecule has 3 unspecified atom stereocenters. The van der Waals surface area contributed by atoms with E-state index >= 15 is 0 Å². The van der Waals surface area contributed by atoms with Crippen LogP contribution in [-0.4, -0.2) is 11.0 Å². The van der Waals surface area contributed by atoms with Crippen molar-refractivity contribution in [1.82, 2.24) is 4.98 Å². The molecule has 2 heteroatoms. The predicted molar refractivity (Wildman–Crippen MR) is 88.6 cm³/mol. The molecule has 2 aromatic rings. The summed E-state index contributed by atoms with van der Waals surface area (Å²) >= 11 is 0. The van der Waals surface area contributed by atoms with Gasteiger partial charge in [-0.3, -0.25) is 4.98 Å². The van der Waals surface area contributed by atoms with Gasteiger partial charge in [0, 0.05) is 18.4 Å². The highest BCUT2D eigenvalue weighted by Gasteiger charge is 2.27. The Balaban J connectivity index is 1.71. The molecule has 1 heterocycles. The summed E-state index contributed by atoms with van der Waals surface area (Å²) in [5.41, 5.74) is 3.85. The SMILES string of the molecule is Cc1cncc(NC2CC(C)CC(c3ccccc3)C2)c1. The Morgan fingerprint density at radius 1 is 1.05 bits per heavy atom. The van der Waals surface area contributed by atoms with E-state index in [2.05, 4.69) is 60.5 Å². The first kappa shape index (κ1) is 14.1. The van der Waals surface area contributed by atoms with Gasteiger partial charge in [0.05, 0.1) is 5.69 Å². The van der Waals surface area contributed by atoms with Crippen LogP contribution in [0.4, 0.5) is 5.69 Å². The van der Waals surface area contributed by atoms with E-state index in [0.29, 0.717) is 12.0 Å². The molecule has 1 aromatic heterocycles. The average molecular weight is 280 g/mol. The first-order valence-electron chi connectivity index (χ1n) is 7.94. The lowest BCUT2D eigenvalue weighted by Crippen LogP contribution is -2.30. The summed E-state index contributed by atoms with van der Waals surface area (Å²) in [7, 11) is 0. The molecular formula is C19H24N2. The van der Waals surface area contributed by atoms with Crippen molar-refractivity contribution in [2.24, 2.45) is 5.92 Å². The van der Waals surface area contributed by atoms with Crippen molar-refractivity contribution >= 4 is 5.69 Å². The Hall–Kier alpha value is -1.83. The largest absolute Gasteiger partial charge is 0.381 e. The lowest BCUT2D eigenvalue weighted by Gasteiger charge is -2.34. The maximum atomic E-state index is 4.28. The summed E-state index contributed by atoms with van der Waals surface area (Å²) in [6.45, 7) is 4.47. The maximum Gasteiger partial charge on any atom is 0.0531 e. The number of nitrogens with zero attached hydrogens (tertiary/aromatic N) is 1. The Kier molecular flexibility index (Phi) is 4.23. The van der Waals surface area contributed by atoms with E-state index in [1.807, 2.05) is 12.4 Å². The van der Waals surface area contributed by atoms with Gasteiger partial charge in [-0.1, -0.05) is 37.3 Å². The van der Waals surface area contributed by atoms with Gasteiger partial charge in [-0.2, -0.15) is 0 Å². The van der Waals surface area contributed by atoms with Gasteiger partial charge in [0.1, 0.15) is 0 Å². The lowest BCUT2D eigenvalue weighted by molar-refractivity contribution is 0.321. The first-order valence-corrected chi connectivity index (χ1v) is 7.94. The van der Waals surface area contributed by atoms with Crippen molar-refractivity contribution in [3.05, 3.63) is 59.9 Å². The standard InChI is InChI=1S/C19H24N2/c1-14-8-17(16-6-4-3-5-7-16)11-18(9-14)21-19-10-15(2)12-20-13-19/h3-7,10,12-14,17-18,21H,8-9,11H2,1-2H3. The van der Waals surface area contributed by atoms with Crippen LogP contribution in [0.25, 0.3) is 0 Å². The fourth-order valence-corrected chi connectivity index (χ4v) is 3.59. The van der Waals surface area contributed by atoms with Gasteiger partial charge >= 0.3 is 0 Å². The number of rotatable bonds is 3. The fourth-order valence-electron chi connectivity index (χ4n) is 3.59. The molecule has 1 fully saturated rings. The zero-order valence-corrected chi connectivity index (χ0v) is 12.9. The Morgan fingerprint density at radius 3 is 2.62 bits per heavy atom. The van der Waals surface area contributed by atoms with Crippen molar-refractivity contribution in [3.63, 3.8) is 0 Å². The molecule has 1 aliphatic rings. The van der Waals surface area contributed by atoms with Crippen LogP contribution in [0.2, 0.25) is 0 Å². The zero-order chi connectivity index (χ0) is 14.7. The van der Waals surface area contributed by atoms with E-state index in [4.69, 9.17) is 0 Å². The molecule has 1 N–H and O–H groups in total. The topological polar surface area (TPSA) is 24.9 Å². The molecule has 0 radical (unpaired) electrons. The van der Waals surface area contributed by atoms with E-state index in [1.54, 1.807) is 0 Å². The quantitative estimate of drug-likeness (QED) is 0.875. The third-order valence-electron chi connectivity index (χ3n) is 4.46. The summed E-state index contributed by atoms with van der Waals surface area (Å²) in [4.78, 5) is 4.28. The number of benzene rings is 1. The van der Waals surface area contributed by atoms with Crippen LogP contribution in [0.3, 0.4) is 0 Å². The fraction of sp³-hybridized carbons (Fsp3) is 0.421. The average Bonchev–Trinajstić information content (AvgIpc) is 2.47. The number of aromatic nitrogens is 1. The van der Waals surface area contributed by atoms with Crippen LogP contribution >= 0.6 is 0 Å². The molecular weight excluding hydrogens is 256 g/mol. The summed E-state index contributed by atoms with van der Waals surface area (Å²) in [5.74, 6) is 1.43. The van der Waals surface area contributed by atoms with E-state index in [1.165, 1.54) is 30.4 Å². The van der Waals surface area contributed by atoms with Crippen molar-refractivity contribution < 1.29 is 0 Å². The minimum atomic E-state index is 0.544. The second-order valence-corrected chi connectivity index (χ2v) is 6.51. The van der Waals surface area contributed by atoms with Gasteiger partial charge in [-0.05, 0) is 55.2 Å². The lowest BCUT2D eigenvalue weighted by atomic mass is 9.76. The summed E-state index contributed by atoms with van der Waals surface area (Å²) < 4.78 is 0. The van der Waals surface area contributed by atoms with Gasteiger partial charge < -0.3 is 5.32 Å². The molecule has 21 heavy (non-hydrogen) atoms. The van der Waals surface area contributed by atoms with Crippen LogP contribution in [-0.2, 0) is 0 Å². The van der Waals surface area contributed by atoms with Crippen molar-refractivity contribution in [1.29, 1.82) is 0 Å². The molecule has 3 rings (SSSR count). The number of nitrogens with one attached hydrogen (secondary N) is 1. The van der Waals surface area contributed by atoms with Crippen LogP contribution < -0.4 is 5.32 Å². The van der Waals surface area contributed by atoms with Crippen molar-refractivity contribution in [3.8, 4) is 0 Å². The van der Waals surface area contributed by atoms with E-state index < -0.39 is 0 Å². The number of aryl methyl sites for hydroxylation is 1. The molecule has 1 aliphatic carbocycles. The van der Waals surface area contributed by atoms with E-state index in [-0.39, 0.29) is 0 Å². The predicted octanol–water partition coefficient (Wildman–Crippen LogP) is 4.77. The van der Waals surface area contributed by atoms with Gasteiger partial charge in [0.2, 0.25) is 0 Å². The molecule has 3 atom stereocenters. The highest BCUT2D eigenvalue weighted by atomic mass is 14.9. The normalized spacial score (nSPS) is 25.5. The van der Waals surface area contributed by atoms with Crippen molar-refractivity contribution in [2.75, 3.05) is 5.32 Å². The van der Waals surface area contributed by atoms with E-state index in [0.717, 1.165) is 11.6 Å². The molecule has 1 saturated carbocycles. The molecule has 0 aliphatic heterocycles. The Bertz CT molecular complexity index is 579. The Morgan fingerprint density at radius 2 is 1.86 bits per heavy atom. The number of hydrogen-bond acceptors (Lipinski definition) is 2. The minimum absolute atomic E-state index is 0.544. The van der Waals surface area contributed by atoms with Crippen molar-refractivity contribution in [2.45, 2.75) is 45.1 Å². The summed E-state index contributed by atoms with van der Waals surface area (Å²) in [6.07, 6.45) is 7.60.